The van der Waals surface area contributed by atoms with Crippen LogP contribution in [0, 0.1) is 0 Å². The molecule has 1 aromatic heterocycles. The summed E-state index contributed by atoms with van der Waals surface area (Å²) in [6.07, 6.45) is 1.95. The van der Waals surface area contributed by atoms with Crippen LogP contribution in [0.4, 0.5) is 5.82 Å². The number of hydrogen-bond donors (Lipinski definition) is 2. The number of rotatable bonds is 4. The van der Waals surface area contributed by atoms with Gasteiger partial charge in [0.05, 0.1) is 19.8 Å². The lowest BCUT2D eigenvalue weighted by atomic mass is 10.2. The molecule has 2 rings (SSSR count). The molecule has 1 aliphatic rings. The standard InChI is InChI=1S/C9H13N3O2/c10-12-9-3-7(1-2-11-9)4-14-8-5-13-6-8/h1-3,8H,4-6,10H2,(H,11,12). The van der Waals surface area contributed by atoms with Crippen molar-refractivity contribution in [2.75, 3.05) is 18.6 Å². The molecule has 5 nitrogen and oxygen atoms in total. The molecule has 0 saturated carbocycles. The first-order valence-corrected chi connectivity index (χ1v) is 4.49. The number of hydrazine groups is 1. The second-order valence-corrected chi connectivity index (χ2v) is 3.16. The molecule has 14 heavy (non-hydrogen) atoms. The summed E-state index contributed by atoms with van der Waals surface area (Å²) in [6, 6.07) is 3.76. The number of anilines is 1. The third-order valence-electron chi connectivity index (χ3n) is 2.07. The van der Waals surface area contributed by atoms with E-state index in [0.29, 0.717) is 25.6 Å². The van der Waals surface area contributed by atoms with Crippen molar-refractivity contribution < 1.29 is 9.47 Å². The van der Waals surface area contributed by atoms with Gasteiger partial charge >= 0.3 is 0 Å². The largest absolute Gasteiger partial charge is 0.376 e. The Hall–Kier alpha value is -1.17. The monoisotopic (exact) mass is 195 g/mol. The summed E-state index contributed by atoms with van der Waals surface area (Å²) in [6.45, 7) is 1.98. The fourth-order valence-corrected chi connectivity index (χ4v) is 1.17. The predicted molar refractivity (Wildman–Crippen MR) is 51.4 cm³/mol. The van der Waals surface area contributed by atoms with E-state index in [9.17, 15) is 0 Å². The van der Waals surface area contributed by atoms with Gasteiger partial charge in [0.15, 0.2) is 0 Å². The molecule has 0 radical (unpaired) electrons. The van der Waals surface area contributed by atoms with Gasteiger partial charge in [0.25, 0.3) is 0 Å². The lowest BCUT2D eigenvalue weighted by Gasteiger charge is -2.25. The van der Waals surface area contributed by atoms with Crippen molar-refractivity contribution in [3.63, 3.8) is 0 Å². The Bertz CT molecular complexity index is 302. The zero-order valence-electron chi connectivity index (χ0n) is 7.77. The summed E-state index contributed by atoms with van der Waals surface area (Å²) < 4.78 is 10.5. The maximum absolute atomic E-state index is 5.54. The van der Waals surface area contributed by atoms with Crippen LogP contribution in [0.1, 0.15) is 5.56 Å². The fraction of sp³-hybridized carbons (Fsp3) is 0.444. The molecule has 0 aliphatic carbocycles. The van der Waals surface area contributed by atoms with Crippen LogP contribution in [0.15, 0.2) is 18.3 Å². The van der Waals surface area contributed by atoms with Crippen molar-refractivity contribution in [1.82, 2.24) is 4.98 Å². The highest BCUT2D eigenvalue weighted by Crippen LogP contribution is 2.11. The van der Waals surface area contributed by atoms with Gasteiger partial charge in [-0.3, -0.25) is 0 Å². The summed E-state index contributed by atoms with van der Waals surface area (Å²) >= 11 is 0. The normalized spacial score (nSPS) is 16.4. The predicted octanol–water partition coefficient (Wildman–Crippen LogP) is 0.283. The van der Waals surface area contributed by atoms with Crippen LogP contribution in [-0.4, -0.2) is 24.3 Å². The highest BCUT2D eigenvalue weighted by atomic mass is 16.6. The Kier molecular flexibility index (Phi) is 2.93. The lowest BCUT2D eigenvalue weighted by molar-refractivity contribution is -0.135. The van der Waals surface area contributed by atoms with Crippen molar-refractivity contribution in [2.45, 2.75) is 12.7 Å². The highest BCUT2D eigenvalue weighted by molar-refractivity contribution is 5.35. The lowest BCUT2D eigenvalue weighted by Crippen LogP contribution is -2.35. The summed E-state index contributed by atoms with van der Waals surface area (Å²) in [7, 11) is 0. The molecule has 0 spiro atoms. The van der Waals surface area contributed by atoms with E-state index in [4.69, 9.17) is 15.3 Å². The summed E-state index contributed by atoms with van der Waals surface area (Å²) in [5, 5.41) is 0. The number of nitrogens with one attached hydrogen (secondary N) is 1. The molecule has 1 aromatic rings. The molecule has 0 unspecified atom stereocenters. The molecular formula is C9H13N3O2. The Morgan fingerprint density at radius 1 is 1.64 bits per heavy atom. The van der Waals surface area contributed by atoms with Crippen molar-refractivity contribution in [3.05, 3.63) is 23.9 Å². The first-order valence-electron chi connectivity index (χ1n) is 4.49. The number of aromatic nitrogens is 1. The molecule has 76 valence electrons. The fourth-order valence-electron chi connectivity index (χ4n) is 1.17. The van der Waals surface area contributed by atoms with E-state index >= 15 is 0 Å². The van der Waals surface area contributed by atoms with E-state index in [-0.39, 0.29) is 6.10 Å². The molecule has 2 heterocycles. The van der Waals surface area contributed by atoms with Gasteiger partial charge in [0, 0.05) is 6.20 Å². The smallest absolute Gasteiger partial charge is 0.140 e. The minimum absolute atomic E-state index is 0.248. The Morgan fingerprint density at radius 3 is 3.14 bits per heavy atom. The molecule has 3 N–H and O–H groups in total. The molecule has 0 aromatic carbocycles. The minimum Gasteiger partial charge on any atom is -0.376 e. The van der Waals surface area contributed by atoms with Crippen LogP contribution in [-0.2, 0) is 16.1 Å². The van der Waals surface area contributed by atoms with E-state index in [1.807, 2.05) is 12.1 Å². The topological polar surface area (TPSA) is 69.4 Å². The van der Waals surface area contributed by atoms with Gasteiger partial charge in [-0.05, 0) is 17.7 Å². The van der Waals surface area contributed by atoms with Crippen LogP contribution in [0.3, 0.4) is 0 Å². The van der Waals surface area contributed by atoms with E-state index < -0.39 is 0 Å². The number of nitrogen functional groups attached to an aromatic ring is 1. The van der Waals surface area contributed by atoms with Crippen molar-refractivity contribution in [3.8, 4) is 0 Å². The Balaban J connectivity index is 1.87. The summed E-state index contributed by atoms with van der Waals surface area (Å²) in [5.74, 6) is 5.89. The number of nitrogens with zero attached hydrogens (tertiary/aromatic N) is 1. The average molecular weight is 195 g/mol. The third-order valence-corrected chi connectivity index (χ3v) is 2.07. The van der Waals surface area contributed by atoms with E-state index in [1.54, 1.807) is 6.20 Å². The molecule has 0 bridgehead atoms. The number of ether oxygens (including phenoxy) is 2. The maximum Gasteiger partial charge on any atom is 0.140 e. The van der Waals surface area contributed by atoms with Crippen LogP contribution in [0.5, 0.6) is 0 Å². The summed E-state index contributed by atoms with van der Waals surface area (Å²) in [4.78, 5) is 4.00. The van der Waals surface area contributed by atoms with Crippen LogP contribution >= 0.6 is 0 Å². The van der Waals surface area contributed by atoms with E-state index in [0.717, 1.165) is 5.56 Å². The second kappa shape index (κ2) is 4.36. The van der Waals surface area contributed by atoms with Crippen molar-refractivity contribution >= 4 is 5.82 Å². The molecule has 5 heteroatoms. The van der Waals surface area contributed by atoms with Crippen molar-refractivity contribution in [2.24, 2.45) is 5.84 Å². The van der Waals surface area contributed by atoms with Crippen LogP contribution in [0.2, 0.25) is 0 Å². The number of hydrogen-bond acceptors (Lipinski definition) is 5. The zero-order chi connectivity index (χ0) is 9.80. The SMILES string of the molecule is NNc1cc(COC2COC2)ccn1. The number of pyridine rings is 1. The molecule has 0 atom stereocenters. The van der Waals surface area contributed by atoms with Crippen LogP contribution < -0.4 is 11.3 Å². The van der Waals surface area contributed by atoms with Crippen molar-refractivity contribution in [1.29, 1.82) is 0 Å². The van der Waals surface area contributed by atoms with E-state index in [1.165, 1.54) is 0 Å². The van der Waals surface area contributed by atoms with Crippen LogP contribution in [0.25, 0.3) is 0 Å². The van der Waals surface area contributed by atoms with Gasteiger partial charge < -0.3 is 14.9 Å². The zero-order valence-corrected chi connectivity index (χ0v) is 7.77. The molecule has 1 saturated heterocycles. The van der Waals surface area contributed by atoms with E-state index in [2.05, 4.69) is 10.4 Å². The quantitative estimate of drug-likeness (QED) is 0.533. The minimum atomic E-state index is 0.248. The van der Waals surface area contributed by atoms with Gasteiger partial charge in [0.1, 0.15) is 11.9 Å². The second-order valence-electron chi connectivity index (χ2n) is 3.16. The Labute approximate surface area is 82.2 Å². The van der Waals surface area contributed by atoms with Gasteiger partial charge in [-0.25, -0.2) is 10.8 Å². The van der Waals surface area contributed by atoms with Gasteiger partial charge in [0.2, 0.25) is 0 Å². The summed E-state index contributed by atoms with van der Waals surface area (Å²) in [5.41, 5.74) is 3.55. The third kappa shape index (κ3) is 2.20. The highest BCUT2D eigenvalue weighted by Gasteiger charge is 2.18. The molecular weight excluding hydrogens is 182 g/mol. The van der Waals surface area contributed by atoms with Gasteiger partial charge in [-0.1, -0.05) is 0 Å². The molecule has 1 fully saturated rings. The molecule has 0 amide bonds. The first-order chi connectivity index (χ1) is 6.88. The van der Waals surface area contributed by atoms with Gasteiger partial charge in [-0.2, -0.15) is 0 Å². The van der Waals surface area contributed by atoms with Gasteiger partial charge in [-0.15, -0.1) is 0 Å². The maximum atomic E-state index is 5.54. The average Bonchev–Trinajstić information content (AvgIpc) is 2.16. The molecule has 1 aliphatic heterocycles. The Morgan fingerprint density at radius 2 is 2.50 bits per heavy atom. The number of nitrogens with two attached hydrogens (primary N) is 1. The first kappa shape index (κ1) is 9.39.